The number of hydrogen-bond acceptors (Lipinski definition) is 3. The molecule has 1 aromatic carbocycles. The van der Waals surface area contributed by atoms with Gasteiger partial charge in [-0.2, -0.15) is 5.26 Å². The van der Waals surface area contributed by atoms with E-state index in [-0.39, 0.29) is 19.4 Å². The van der Waals surface area contributed by atoms with Crippen LogP contribution in [0.2, 0.25) is 0 Å². The van der Waals surface area contributed by atoms with Crippen LogP contribution in [0.4, 0.5) is 19.3 Å². The third kappa shape index (κ3) is 3.85. The monoisotopic (exact) mass is 359 g/mol. The second-order valence-corrected chi connectivity index (χ2v) is 6.43. The first-order valence-corrected chi connectivity index (χ1v) is 8.40. The summed E-state index contributed by atoms with van der Waals surface area (Å²) in [5.74, 6) is -1.81. The van der Waals surface area contributed by atoms with Crippen molar-refractivity contribution < 1.29 is 18.0 Å². The third-order valence-corrected chi connectivity index (χ3v) is 4.50. The number of furan rings is 1. The summed E-state index contributed by atoms with van der Waals surface area (Å²) in [6.07, 6.45) is 0.387. The van der Waals surface area contributed by atoms with E-state index in [1.54, 1.807) is 43.3 Å². The molecule has 0 aliphatic heterocycles. The van der Waals surface area contributed by atoms with Crippen molar-refractivity contribution in [2.75, 3.05) is 5.32 Å². The van der Waals surface area contributed by atoms with Gasteiger partial charge in [0.25, 0.3) is 5.92 Å². The molecule has 2 aromatic rings. The van der Waals surface area contributed by atoms with Crippen LogP contribution in [0, 0.1) is 18.3 Å². The number of carbonyl (C=O) groups excluding carboxylic acids is 1. The minimum atomic E-state index is -2.93. The predicted octanol–water partition coefficient (Wildman–Crippen LogP) is 4.68. The van der Waals surface area contributed by atoms with Crippen LogP contribution in [-0.2, 0) is 6.54 Å². The Kier molecular flexibility index (Phi) is 4.94. The Bertz CT molecular complexity index is 824. The second kappa shape index (κ2) is 7.16. The highest BCUT2D eigenvalue weighted by atomic mass is 19.3. The number of nitrogens with zero attached hydrogens (tertiary/aromatic N) is 2. The number of hydrogen-bond donors (Lipinski definition) is 1. The fourth-order valence-electron chi connectivity index (χ4n) is 3.18. The van der Waals surface area contributed by atoms with E-state index in [1.807, 2.05) is 6.07 Å². The predicted molar refractivity (Wildman–Crippen MR) is 91.7 cm³/mol. The summed E-state index contributed by atoms with van der Waals surface area (Å²) in [7, 11) is 0. The van der Waals surface area contributed by atoms with Gasteiger partial charge in [-0.3, -0.25) is 0 Å². The van der Waals surface area contributed by atoms with E-state index in [2.05, 4.69) is 5.32 Å². The van der Waals surface area contributed by atoms with E-state index in [0.717, 1.165) is 4.90 Å². The summed E-state index contributed by atoms with van der Waals surface area (Å²) >= 11 is 0. The maximum absolute atomic E-state index is 14.3. The molecular weight excluding hydrogens is 340 g/mol. The zero-order valence-electron chi connectivity index (χ0n) is 14.3. The van der Waals surface area contributed by atoms with Gasteiger partial charge in [0.1, 0.15) is 11.5 Å². The van der Waals surface area contributed by atoms with Crippen molar-refractivity contribution >= 4 is 11.7 Å². The Labute approximate surface area is 150 Å². The van der Waals surface area contributed by atoms with Crippen LogP contribution < -0.4 is 5.32 Å². The van der Waals surface area contributed by atoms with Crippen LogP contribution in [0.25, 0.3) is 0 Å². The largest absolute Gasteiger partial charge is 0.464 e. The number of nitriles is 1. The highest BCUT2D eigenvalue weighted by Gasteiger charge is 2.48. The first-order chi connectivity index (χ1) is 12.4. The molecule has 1 N–H and O–H groups in total. The highest BCUT2D eigenvalue weighted by molar-refractivity contribution is 5.89. The molecule has 7 heteroatoms. The lowest BCUT2D eigenvalue weighted by Gasteiger charge is -2.32. The van der Waals surface area contributed by atoms with Crippen LogP contribution in [0.3, 0.4) is 0 Å². The van der Waals surface area contributed by atoms with Crippen LogP contribution >= 0.6 is 0 Å². The Hall–Kier alpha value is -2.88. The molecule has 1 aliphatic carbocycles. The SMILES string of the molecule is Cc1ccc(CN(C(=O)Nc2ccc(C#N)cc2)C2CCCC2(F)F)o1. The van der Waals surface area contributed by atoms with Crippen molar-refractivity contribution in [2.24, 2.45) is 0 Å². The average molecular weight is 359 g/mol. The van der Waals surface area contributed by atoms with Crippen molar-refractivity contribution in [3.8, 4) is 6.07 Å². The van der Waals surface area contributed by atoms with Crippen molar-refractivity contribution in [3.63, 3.8) is 0 Å². The molecule has 3 rings (SSSR count). The summed E-state index contributed by atoms with van der Waals surface area (Å²) < 4.78 is 34.0. The number of aryl methyl sites for hydroxylation is 1. The summed E-state index contributed by atoms with van der Waals surface area (Å²) in [4.78, 5) is 13.9. The van der Waals surface area contributed by atoms with Crippen molar-refractivity contribution in [2.45, 2.75) is 44.7 Å². The minimum Gasteiger partial charge on any atom is -0.464 e. The van der Waals surface area contributed by atoms with Gasteiger partial charge >= 0.3 is 6.03 Å². The lowest BCUT2D eigenvalue weighted by Crippen LogP contribution is -2.48. The number of benzene rings is 1. The van der Waals surface area contributed by atoms with Crippen molar-refractivity contribution in [1.29, 1.82) is 5.26 Å². The van der Waals surface area contributed by atoms with Gasteiger partial charge in [0, 0.05) is 12.1 Å². The maximum Gasteiger partial charge on any atom is 0.322 e. The molecular formula is C19H19F2N3O2. The fourth-order valence-corrected chi connectivity index (χ4v) is 3.18. The number of nitrogens with one attached hydrogen (secondary N) is 1. The van der Waals surface area contributed by atoms with Gasteiger partial charge in [0.15, 0.2) is 0 Å². The fraction of sp³-hybridized carbons (Fsp3) is 0.368. The molecule has 0 radical (unpaired) electrons. The van der Waals surface area contributed by atoms with Gasteiger partial charge in [-0.25, -0.2) is 13.6 Å². The Balaban J connectivity index is 1.81. The normalized spacial score (nSPS) is 18.3. The second-order valence-electron chi connectivity index (χ2n) is 6.43. The average Bonchev–Trinajstić information content (AvgIpc) is 3.18. The Morgan fingerprint density at radius 3 is 2.62 bits per heavy atom. The van der Waals surface area contributed by atoms with E-state index in [4.69, 9.17) is 9.68 Å². The third-order valence-electron chi connectivity index (χ3n) is 4.50. The van der Waals surface area contributed by atoms with Gasteiger partial charge in [0.2, 0.25) is 0 Å². The molecule has 1 unspecified atom stereocenters. The molecule has 1 aliphatic rings. The lowest BCUT2D eigenvalue weighted by atomic mass is 10.1. The van der Waals surface area contributed by atoms with Crippen LogP contribution in [0.5, 0.6) is 0 Å². The molecule has 0 bridgehead atoms. The van der Waals surface area contributed by atoms with Crippen molar-refractivity contribution in [3.05, 3.63) is 53.5 Å². The standard InChI is InChI=1S/C19H19F2N3O2/c1-13-4-9-16(26-13)12-24(17-3-2-10-19(17,20)21)18(25)23-15-7-5-14(11-22)6-8-15/h4-9,17H,2-3,10,12H2,1H3,(H,23,25). The van der Waals surface area contributed by atoms with Crippen LogP contribution in [0.15, 0.2) is 40.8 Å². The molecule has 26 heavy (non-hydrogen) atoms. The number of anilines is 1. The molecule has 1 atom stereocenters. The summed E-state index contributed by atoms with van der Waals surface area (Å²) in [5, 5.41) is 11.5. The maximum atomic E-state index is 14.3. The quantitative estimate of drug-likeness (QED) is 0.861. The molecule has 1 fully saturated rings. The van der Waals surface area contributed by atoms with Gasteiger partial charge < -0.3 is 14.6 Å². The van der Waals surface area contributed by atoms with E-state index in [1.165, 1.54) is 0 Å². The zero-order chi connectivity index (χ0) is 18.7. The molecule has 1 saturated carbocycles. The first-order valence-electron chi connectivity index (χ1n) is 8.40. The number of halogens is 2. The highest BCUT2D eigenvalue weighted by Crippen LogP contribution is 2.39. The zero-order valence-corrected chi connectivity index (χ0v) is 14.3. The van der Waals surface area contributed by atoms with E-state index < -0.39 is 18.0 Å². The van der Waals surface area contributed by atoms with E-state index in [0.29, 0.717) is 29.2 Å². The Morgan fingerprint density at radius 2 is 2.08 bits per heavy atom. The molecule has 5 nitrogen and oxygen atoms in total. The summed E-state index contributed by atoms with van der Waals surface area (Å²) in [5.41, 5.74) is 0.893. The molecule has 1 heterocycles. The number of urea groups is 1. The summed E-state index contributed by atoms with van der Waals surface area (Å²) in [6.45, 7) is 1.73. The number of alkyl halides is 2. The van der Waals surface area contributed by atoms with Crippen LogP contribution in [0.1, 0.15) is 36.3 Å². The van der Waals surface area contributed by atoms with Crippen LogP contribution in [-0.4, -0.2) is 22.9 Å². The number of carbonyl (C=O) groups is 1. The van der Waals surface area contributed by atoms with Gasteiger partial charge in [-0.05, 0) is 56.2 Å². The van der Waals surface area contributed by atoms with Gasteiger partial charge in [-0.15, -0.1) is 0 Å². The minimum absolute atomic E-state index is 0.0315. The molecule has 0 spiro atoms. The first kappa shape index (κ1) is 17.9. The molecule has 136 valence electrons. The topological polar surface area (TPSA) is 69.3 Å². The smallest absolute Gasteiger partial charge is 0.322 e. The molecule has 2 amide bonds. The number of amides is 2. The van der Waals surface area contributed by atoms with E-state index in [9.17, 15) is 13.6 Å². The molecule has 1 aromatic heterocycles. The van der Waals surface area contributed by atoms with Crippen molar-refractivity contribution in [1.82, 2.24) is 4.90 Å². The van der Waals surface area contributed by atoms with Gasteiger partial charge in [0.05, 0.1) is 24.2 Å². The van der Waals surface area contributed by atoms with Gasteiger partial charge in [-0.1, -0.05) is 0 Å². The summed E-state index contributed by atoms with van der Waals surface area (Å²) in [6, 6.07) is 9.86. The number of rotatable bonds is 4. The lowest BCUT2D eigenvalue weighted by molar-refractivity contribution is -0.0510. The van der Waals surface area contributed by atoms with E-state index >= 15 is 0 Å². The Morgan fingerprint density at radius 1 is 1.35 bits per heavy atom. The molecule has 0 saturated heterocycles.